The van der Waals surface area contributed by atoms with Crippen LogP contribution in [0, 0.1) is 0 Å². The first-order valence-electron chi connectivity index (χ1n) is 11.3. The molecule has 1 aromatic heterocycles. The minimum Gasteiger partial charge on any atom is -0.493 e. The molecule has 32 heavy (non-hydrogen) atoms. The van der Waals surface area contributed by atoms with Crippen LogP contribution in [0.4, 0.5) is 0 Å². The van der Waals surface area contributed by atoms with Gasteiger partial charge in [0.05, 0.1) is 23.9 Å². The van der Waals surface area contributed by atoms with Crippen molar-refractivity contribution in [3.63, 3.8) is 0 Å². The molecule has 2 N–H and O–H groups in total. The van der Waals surface area contributed by atoms with E-state index in [0.29, 0.717) is 17.4 Å². The number of hydrazone groups is 1. The van der Waals surface area contributed by atoms with Crippen LogP contribution < -0.4 is 10.2 Å². The number of rotatable bonds is 12. The lowest BCUT2D eigenvalue weighted by Crippen LogP contribution is -2.17. The fourth-order valence-corrected chi connectivity index (χ4v) is 4.00. The number of nitrogens with zero attached hydrogens (tertiary/aromatic N) is 2. The lowest BCUT2D eigenvalue weighted by molar-refractivity contribution is 0.0955. The first kappa shape index (κ1) is 23.9. The molecule has 3 aromatic rings. The van der Waals surface area contributed by atoms with Gasteiger partial charge in [0.25, 0.3) is 5.91 Å². The summed E-state index contributed by atoms with van der Waals surface area (Å²) in [5, 5.41) is 5.42. The van der Waals surface area contributed by atoms with Gasteiger partial charge in [0, 0.05) is 16.4 Å². The molecule has 0 bridgehead atoms. The number of unbranched alkanes of at least 4 members (excludes halogenated alkanes) is 4. The molecule has 7 heteroatoms. The number of nitrogens with one attached hydrogen (secondary N) is 2. The van der Waals surface area contributed by atoms with E-state index in [-0.39, 0.29) is 5.91 Å². The average molecular weight is 453 g/mol. The Labute approximate surface area is 194 Å². The number of amides is 1. The maximum atomic E-state index is 12.5. The smallest absolute Gasteiger partial charge is 0.271 e. The van der Waals surface area contributed by atoms with Gasteiger partial charge in [-0.15, -0.1) is 0 Å². The van der Waals surface area contributed by atoms with E-state index in [2.05, 4.69) is 41.3 Å². The number of carbonyl (C=O) groups is 1. The van der Waals surface area contributed by atoms with Gasteiger partial charge in [0.2, 0.25) is 0 Å². The Bertz CT molecular complexity index is 1050. The Kier molecular flexibility index (Phi) is 9.16. The van der Waals surface area contributed by atoms with Crippen molar-refractivity contribution in [2.75, 3.05) is 6.61 Å². The summed E-state index contributed by atoms with van der Waals surface area (Å²) >= 11 is 1.66. The summed E-state index contributed by atoms with van der Waals surface area (Å²) < 4.78 is 5.92. The molecule has 0 aliphatic heterocycles. The number of hydrogen-bond acceptors (Lipinski definition) is 5. The Balaban J connectivity index is 1.57. The van der Waals surface area contributed by atoms with Gasteiger partial charge in [0.15, 0.2) is 5.16 Å². The largest absolute Gasteiger partial charge is 0.493 e. The third kappa shape index (κ3) is 7.12. The van der Waals surface area contributed by atoms with Gasteiger partial charge in [-0.3, -0.25) is 4.79 Å². The highest BCUT2D eigenvalue weighted by molar-refractivity contribution is 7.99. The molecule has 0 atom stereocenters. The maximum absolute atomic E-state index is 12.5. The molecule has 0 spiro atoms. The molecule has 170 valence electrons. The number of carbonyl (C=O) groups excluding carboxylic acids is 1. The average Bonchev–Trinajstić information content (AvgIpc) is 3.17. The number of aromatic nitrogens is 2. The molecule has 1 heterocycles. The predicted molar refractivity (Wildman–Crippen MR) is 133 cm³/mol. The van der Waals surface area contributed by atoms with Crippen LogP contribution in [0.15, 0.2) is 52.7 Å². The van der Waals surface area contributed by atoms with Crippen molar-refractivity contribution in [1.82, 2.24) is 15.4 Å². The van der Waals surface area contributed by atoms with E-state index in [1.54, 1.807) is 30.1 Å². The molecule has 0 aliphatic carbocycles. The van der Waals surface area contributed by atoms with E-state index in [1.807, 2.05) is 30.3 Å². The SMILES string of the molecule is CCCCCCCOc1ccccc1/C=N\NC(=O)c1ccc2nc(SC(C)C)[nH]c2c1. The fourth-order valence-electron chi connectivity index (χ4n) is 3.24. The summed E-state index contributed by atoms with van der Waals surface area (Å²) in [7, 11) is 0. The fraction of sp³-hybridized carbons (Fsp3) is 0.400. The third-order valence-corrected chi connectivity index (χ3v) is 5.75. The van der Waals surface area contributed by atoms with E-state index in [0.717, 1.165) is 33.9 Å². The first-order valence-corrected chi connectivity index (χ1v) is 12.2. The normalized spacial score (nSPS) is 11.5. The molecular formula is C25H32N4O2S. The van der Waals surface area contributed by atoms with Crippen molar-refractivity contribution in [3.8, 4) is 5.75 Å². The zero-order chi connectivity index (χ0) is 22.8. The second kappa shape index (κ2) is 12.3. The van der Waals surface area contributed by atoms with E-state index in [1.165, 1.54) is 25.7 Å². The molecule has 0 saturated carbocycles. The van der Waals surface area contributed by atoms with Crippen molar-refractivity contribution in [1.29, 1.82) is 0 Å². The topological polar surface area (TPSA) is 79.4 Å². The number of para-hydroxylation sites is 1. The predicted octanol–water partition coefficient (Wildman–Crippen LogP) is 6.18. The van der Waals surface area contributed by atoms with Crippen LogP contribution in [0.2, 0.25) is 0 Å². The summed E-state index contributed by atoms with van der Waals surface area (Å²) in [5.74, 6) is 0.500. The van der Waals surface area contributed by atoms with Crippen LogP contribution in [0.1, 0.15) is 68.8 Å². The number of imidazole rings is 1. The van der Waals surface area contributed by atoms with Crippen molar-refractivity contribution in [2.24, 2.45) is 5.10 Å². The summed E-state index contributed by atoms with van der Waals surface area (Å²) in [5.41, 5.74) is 5.64. The zero-order valence-corrected chi connectivity index (χ0v) is 19.9. The minimum atomic E-state index is -0.273. The lowest BCUT2D eigenvalue weighted by atomic mass is 10.2. The van der Waals surface area contributed by atoms with E-state index in [4.69, 9.17) is 4.74 Å². The summed E-state index contributed by atoms with van der Waals surface area (Å²) in [4.78, 5) is 20.4. The zero-order valence-electron chi connectivity index (χ0n) is 19.1. The van der Waals surface area contributed by atoms with Crippen LogP contribution in [0.25, 0.3) is 11.0 Å². The molecular weight excluding hydrogens is 420 g/mol. The summed E-state index contributed by atoms with van der Waals surface area (Å²) in [6.45, 7) is 7.13. The maximum Gasteiger partial charge on any atom is 0.271 e. The molecule has 0 unspecified atom stereocenters. The van der Waals surface area contributed by atoms with Gasteiger partial charge in [-0.2, -0.15) is 5.10 Å². The monoisotopic (exact) mass is 452 g/mol. The molecule has 2 aromatic carbocycles. The second-order valence-electron chi connectivity index (χ2n) is 7.94. The van der Waals surface area contributed by atoms with Gasteiger partial charge in [-0.25, -0.2) is 10.4 Å². The molecule has 0 saturated heterocycles. The van der Waals surface area contributed by atoms with Gasteiger partial charge in [0.1, 0.15) is 5.75 Å². The first-order chi connectivity index (χ1) is 15.6. The van der Waals surface area contributed by atoms with E-state index in [9.17, 15) is 4.79 Å². The van der Waals surface area contributed by atoms with Crippen molar-refractivity contribution >= 4 is 34.9 Å². The van der Waals surface area contributed by atoms with Gasteiger partial charge < -0.3 is 9.72 Å². The van der Waals surface area contributed by atoms with Crippen LogP contribution in [-0.2, 0) is 0 Å². The lowest BCUT2D eigenvalue weighted by Gasteiger charge is -2.08. The molecule has 0 radical (unpaired) electrons. The molecule has 0 fully saturated rings. The Morgan fingerprint density at radius 2 is 2.00 bits per heavy atom. The van der Waals surface area contributed by atoms with E-state index >= 15 is 0 Å². The standard InChI is InChI=1S/C25H32N4O2S/c1-4-5-6-7-10-15-31-23-12-9-8-11-20(23)17-26-29-24(30)19-13-14-21-22(16-19)28-25(27-21)32-18(2)3/h8-9,11-14,16-18H,4-7,10,15H2,1-3H3,(H,27,28)(H,29,30)/b26-17-. The Morgan fingerprint density at radius 1 is 1.19 bits per heavy atom. The number of fused-ring (bicyclic) bond motifs is 1. The third-order valence-electron chi connectivity index (χ3n) is 4.86. The highest BCUT2D eigenvalue weighted by Crippen LogP contribution is 2.23. The molecule has 0 aliphatic rings. The van der Waals surface area contributed by atoms with Crippen molar-refractivity contribution < 1.29 is 9.53 Å². The van der Waals surface area contributed by atoms with Crippen LogP contribution in [0.3, 0.4) is 0 Å². The van der Waals surface area contributed by atoms with Gasteiger partial charge >= 0.3 is 0 Å². The quantitative estimate of drug-likeness (QED) is 0.149. The van der Waals surface area contributed by atoms with Crippen LogP contribution >= 0.6 is 11.8 Å². The Hall–Kier alpha value is -2.80. The molecule has 3 rings (SSSR count). The number of aromatic amines is 1. The number of ether oxygens (including phenoxy) is 1. The van der Waals surface area contributed by atoms with Gasteiger partial charge in [-0.1, -0.05) is 70.3 Å². The van der Waals surface area contributed by atoms with Crippen LogP contribution in [0.5, 0.6) is 5.75 Å². The summed E-state index contributed by atoms with van der Waals surface area (Å²) in [6.07, 6.45) is 7.59. The molecule has 1 amide bonds. The minimum absolute atomic E-state index is 0.273. The van der Waals surface area contributed by atoms with Gasteiger partial charge in [-0.05, 0) is 36.8 Å². The molecule has 6 nitrogen and oxygen atoms in total. The van der Waals surface area contributed by atoms with Crippen molar-refractivity contribution in [3.05, 3.63) is 53.6 Å². The second-order valence-corrected chi connectivity index (χ2v) is 9.51. The number of thioether (sulfide) groups is 1. The summed E-state index contributed by atoms with van der Waals surface area (Å²) in [6, 6.07) is 13.1. The number of hydrogen-bond donors (Lipinski definition) is 2. The van der Waals surface area contributed by atoms with Crippen molar-refractivity contribution in [2.45, 2.75) is 63.3 Å². The van der Waals surface area contributed by atoms with E-state index < -0.39 is 0 Å². The highest BCUT2D eigenvalue weighted by atomic mass is 32.2. The highest BCUT2D eigenvalue weighted by Gasteiger charge is 2.10. The van der Waals surface area contributed by atoms with Crippen LogP contribution in [-0.4, -0.2) is 33.9 Å². The number of benzene rings is 2. The Morgan fingerprint density at radius 3 is 2.81 bits per heavy atom. The number of H-pyrrole nitrogens is 1.